The van der Waals surface area contributed by atoms with E-state index in [2.05, 4.69) is 15.1 Å². The van der Waals surface area contributed by atoms with Gasteiger partial charge in [0.2, 0.25) is 0 Å². The predicted octanol–water partition coefficient (Wildman–Crippen LogP) is 1.69. The molecule has 0 atom stereocenters. The van der Waals surface area contributed by atoms with Crippen LogP contribution in [0.15, 0.2) is 41.6 Å². The molecule has 4 N–H and O–H groups in total. The van der Waals surface area contributed by atoms with Crippen molar-refractivity contribution in [2.75, 3.05) is 10.1 Å². The SMILES string of the molecule is N#Cc1ccc(NS(=O)(=O)c2cnccc2NN)cc1Cl. The molecule has 0 saturated carbocycles. The number of benzene rings is 1. The topological polar surface area (TPSA) is 121 Å². The summed E-state index contributed by atoms with van der Waals surface area (Å²) in [6.07, 6.45) is 2.58. The van der Waals surface area contributed by atoms with Crippen molar-refractivity contribution in [2.45, 2.75) is 4.90 Å². The van der Waals surface area contributed by atoms with Crippen molar-refractivity contribution in [3.05, 3.63) is 47.2 Å². The Labute approximate surface area is 126 Å². The van der Waals surface area contributed by atoms with Gasteiger partial charge in [0, 0.05) is 12.4 Å². The quantitative estimate of drug-likeness (QED) is 0.581. The maximum Gasteiger partial charge on any atom is 0.265 e. The molecule has 0 spiro atoms. The summed E-state index contributed by atoms with van der Waals surface area (Å²) >= 11 is 5.86. The second-order valence-electron chi connectivity index (χ2n) is 3.93. The predicted molar refractivity (Wildman–Crippen MR) is 79.0 cm³/mol. The van der Waals surface area contributed by atoms with Crippen LogP contribution in [-0.4, -0.2) is 13.4 Å². The van der Waals surface area contributed by atoms with E-state index in [0.717, 1.165) is 0 Å². The summed E-state index contributed by atoms with van der Waals surface area (Å²) in [4.78, 5) is 3.66. The third kappa shape index (κ3) is 3.22. The molecular weight excluding hydrogens is 314 g/mol. The van der Waals surface area contributed by atoms with Crippen LogP contribution in [0.25, 0.3) is 0 Å². The molecule has 21 heavy (non-hydrogen) atoms. The van der Waals surface area contributed by atoms with Crippen molar-refractivity contribution in [2.24, 2.45) is 5.84 Å². The molecule has 1 heterocycles. The lowest BCUT2D eigenvalue weighted by molar-refractivity contribution is 0.601. The number of rotatable bonds is 4. The average Bonchev–Trinajstić information content (AvgIpc) is 2.47. The van der Waals surface area contributed by atoms with E-state index in [4.69, 9.17) is 22.7 Å². The van der Waals surface area contributed by atoms with E-state index < -0.39 is 10.0 Å². The first kappa shape index (κ1) is 15.1. The van der Waals surface area contributed by atoms with E-state index in [-0.39, 0.29) is 26.9 Å². The normalized spacial score (nSPS) is 10.7. The molecule has 0 bridgehead atoms. The number of hydrogen-bond donors (Lipinski definition) is 3. The van der Waals surface area contributed by atoms with Gasteiger partial charge in [-0.05, 0) is 24.3 Å². The van der Waals surface area contributed by atoms with Gasteiger partial charge in [-0.3, -0.25) is 15.5 Å². The monoisotopic (exact) mass is 323 g/mol. The zero-order valence-electron chi connectivity index (χ0n) is 10.5. The molecule has 108 valence electrons. The summed E-state index contributed by atoms with van der Waals surface area (Å²) in [5, 5.41) is 8.94. The van der Waals surface area contributed by atoms with Gasteiger partial charge >= 0.3 is 0 Å². The fourth-order valence-corrected chi connectivity index (χ4v) is 2.98. The molecule has 0 saturated heterocycles. The number of nitrogens with one attached hydrogen (secondary N) is 2. The standard InChI is InChI=1S/C12H10ClN5O2S/c13-10-5-9(2-1-8(10)6-14)18-21(19,20)12-7-16-4-3-11(12)17-15/h1-5,7,18H,15H2,(H,16,17). The van der Waals surface area contributed by atoms with Crippen LogP contribution in [0.5, 0.6) is 0 Å². The highest BCUT2D eigenvalue weighted by molar-refractivity contribution is 7.92. The van der Waals surface area contributed by atoms with Gasteiger partial charge < -0.3 is 5.43 Å². The summed E-state index contributed by atoms with van der Waals surface area (Å²) in [6, 6.07) is 7.53. The number of aromatic nitrogens is 1. The average molecular weight is 324 g/mol. The number of nitrogen functional groups attached to an aromatic ring is 1. The molecule has 1 aromatic carbocycles. The summed E-state index contributed by atoms with van der Waals surface area (Å²) in [5.74, 6) is 5.28. The lowest BCUT2D eigenvalue weighted by Gasteiger charge is -2.11. The molecule has 9 heteroatoms. The number of nitrogens with two attached hydrogens (primary N) is 1. The lowest BCUT2D eigenvalue weighted by Crippen LogP contribution is -2.17. The molecule has 0 aliphatic rings. The minimum atomic E-state index is -3.89. The maximum atomic E-state index is 12.3. The number of anilines is 2. The Hall–Kier alpha value is -2.34. The Balaban J connectivity index is 2.38. The van der Waals surface area contributed by atoms with Gasteiger partial charge in [-0.15, -0.1) is 0 Å². The smallest absolute Gasteiger partial charge is 0.265 e. The highest BCUT2D eigenvalue weighted by Gasteiger charge is 2.19. The fraction of sp³-hybridized carbons (Fsp3) is 0. The Bertz CT molecular complexity index is 817. The first-order valence-electron chi connectivity index (χ1n) is 5.61. The summed E-state index contributed by atoms with van der Waals surface area (Å²) in [7, 11) is -3.89. The minimum Gasteiger partial charge on any atom is -0.323 e. The second-order valence-corrected chi connectivity index (χ2v) is 5.99. The van der Waals surface area contributed by atoms with Crippen molar-refractivity contribution in [3.63, 3.8) is 0 Å². The van der Waals surface area contributed by atoms with Crippen molar-refractivity contribution < 1.29 is 8.42 Å². The zero-order valence-corrected chi connectivity index (χ0v) is 12.1. The van der Waals surface area contributed by atoms with Gasteiger partial charge in [0.25, 0.3) is 10.0 Å². The van der Waals surface area contributed by atoms with Crippen LogP contribution in [0, 0.1) is 11.3 Å². The number of nitrogens with zero attached hydrogens (tertiary/aromatic N) is 2. The van der Waals surface area contributed by atoms with Crippen LogP contribution in [0.3, 0.4) is 0 Å². The van der Waals surface area contributed by atoms with Crippen molar-refractivity contribution >= 4 is 33.0 Å². The molecule has 0 aliphatic carbocycles. The molecule has 7 nitrogen and oxygen atoms in total. The molecule has 0 fully saturated rings. The molecule has 0 unspecified atom stereocenters. The first-order valence-corrected chi connectivity index (χ1v) is 7.47. The Morgan fingerprint density at radius 2 is 2.10 bits per heavy atom. The van der Waals surface area contributed by atoms with E-state index in [9.17, 15) is 8.42 Å². The van der Waals surface area contributed by atoms with E-state index in [1.54, 1.807) is 0 Å². The number of nitriles is 1. The Kier molecular flexibility index (Phi) is 4.28. The van der Waals surface area contributed by atoms with Gasteiger partial charge in [0.15, 0.2) is 0 Å². The Morgan fingerprint density at radius 3 is 2.71 bits per heavy atom. The van der Waals surface area contributed by atoms with Crippen molar-refractivity contribution in [1.29, 1.82) is 5.26 Å². The third-order valence-electron chi connectivity index (χ3n) is 2.57. The first-order chi connectivity index (χ1) is 9.97. The summed E-state index contributed by atoms with van der Waals surface area (Å²) in [5.41, 5.74) is 2.98. The molecule has 0 aliphatic heterocycles. The number of hydrazine groups is 1. The molecule has 2 rings (SSSR count). The molecular formula is C12H10ClN5O2S. The third-order valence-corrected chi connectivity index (χ3v) is 4.29. The number of sulfonamides is 1. The maximum absolute atomic E-state index is 12.3. The van der Waals surface area contributed by atoms with Crippen LogP contribution < -0.4 is 16.0 Å². The number of pyridine rings is 1. The highest BCUT2D eigenvalue weighted by atomic mass is 35.5. The summed E-state index contributed by atoms with van der Waals surface area (Å²) in [6.45, 7) is 0. The highest BCUT2D eigenvalue weighted by Crippen LogP contribution is 2.25. The second kappa shape index (κ2) is 5.97. The van der Waals surface area contributed by atoms with Crippen molar-refractivity contribution in [3.8, 4) is 6.07 Å². The van der Waals surface area contributed by atoms with Crippen LogP contribution >= 0.6 is 11.6 Å². The largest absolute Gasteiger partial charge is 0.323 e. The van der Waals surface area contributed by atoms with E-state index in [1.807, 2.05) is 6.07 Å². The minimum absolute atomic E-state index is 0.104. The van der Waals surface area contributed by atoms with E-state index in [0.29, 0.717) is 0 Å². The van der Waals surface area contributed by atoms with Crippen LogP contribution in [-0.2, 0) is 10.0 Å². The Morgan fingerprint density at radius 1 is 1.33 bits per heavy atom. The van der Waals surface area contributed by atoms with Gasteiger partial charge in [-0.2, -0.15) is 5.26 Å². The van der Waals surface area contributed by atoms with Gasteiger partial charge in [0.1, 0.15) is 11.0 Å². The summed E-state index contributed by atoms with van der Waals surface area (Å²) < 4.78 is 26.9. The fourth-order valence-electron chi connectivity index (χ4n) is 1.59. The van der Waals surface area contributed by atoms with Gasteiger partial charge in [-0.25, -0.2) is 8.42 Å². The zero-order chi connectivity index (χ0) is 15.5. The molecule has 0 radical (unpaired) electrons. The van der Waals surface area contributed by atoms with Gasteiger partial charge in [-0.1, -0.05) is 11.6 Å². The van der Waals surface area contributed by atoms with E-state index in [1.165, 1.54) is 36.7 Å². The lowest BCUT2D eigenvalue weighted by atomic mass is 10.2. The molecule has 0 amide bonds. The van der Waals surface area contributed by atoms with Crippen LogP contribution in [0.2, 0.25) is 5.02 Å². The van der Waals surface area contributed by atoms with E-state index >= 15 is 0 Å². The van der Waals surface area contributed by atoms with Gasteiger partial charge in [0.05, 0.1) is 22.0 Å². The number of hydrogen-bond acceptors (Lipinski definition) is 6. The van der Waals surface area contributed by atoms with Crippen molar-refractivity contribution in [1.82, 2.24) is 4.98 Å². The molecule has 2 aromatic rings. The number of halogens is 1. The van der Waals surface area contributed by atoms with Crippen LogP contribution in [0.4, 0.5) is 11.4 Å². The molecule has 1 aromatic heterocycles. The van der Waals surface area contributed by atoms with Crippen LogP contribution in [0.1, 0.15) is 5.56 Å².